The summed E-state index contributed by atoms with van der Waals surface area (Å²) in [4.78, 5) is 17.7. The lowest BCUT2D eigenvalue weighted by Crippen LogP contribution is -2.22. The molecular formula is C18H13N3OS. The second-order valence-electron chi connectivity index (χ2n) is 5.20. The van der Waals surface area contributed by atoms with E-state index in [4.69, 9.17) is 0 Å². The maximum atomic E-state index is 12.2. The molecule has 0 saturated carbocycles. The molecule has 0 spiro atoms. The van der Waals surface area contributed by atoms with Crippen molar-refractivity contribution < 1.29 is 0 Å². The van der Waals surface area contributed by atoms with Gasteiger partial charge in [-0.3, -0.25) is 4.79 Å². The molecule has 0 atom stereocenters. The summed E-state index contributed by atoms with van der Waals surface area (Å²) < 4.78 is 1.49. The molecule has 0 amide bonds. The highest BCUT2D eigenvalue weighted by atomic mass is 32.1. The van der Waals surface area contributed by atoms with E-state index in [1.807, 2.05) is 60.8 Å². The summed E-state index contributed by atoms with van der Waals surface area (Å²) in [6.07, 6.45) is 1.82. The van der Waals surface area contributed by atoms with E-state index < -0.39 is 0 Å². The number of benzene rings is 2. The molecule has 4 aromatic rings. The van der Waals surface area contributed by atoms with Crippen LogP contribution in [0, 0.1) is 0 Å². The predicted molar refractivity (Wildman–Crippen MR) is 92.7 cm³/mol. The van der Waals surface area contributed by atoms with Crippen LogP contribution >= 0.6 is 11.3 Å². The molecule has 0 aliphatic rings. The first-order valence-electron chi connectivity index (χ1n) is 7.27. The van der Waals surface area contributed by atoms with Gasteiger partial charge in [-0.2, -0.15) is 5.10 Å². The average molecular weight is 319 g/mol. The SMILES string of the molecule is O=c1cc2ccccc2nn1Cc1cnc(-c2ccccc2)s1. The number of hydrogen-bond donors (Lipinski definition) is 0. The van der Waals surface area contributed by atoms with Crippen LogP contribution in [-0.4, -0.2) is 14.8 Å². The molecular weight excluding hydrogens is 306 g/mol. The molecule has 23 heavy (non-hydrogen) atoms. The molecule has 0 bridgehead atoms. The summed E-state index contributed by atoms with van der Waals surface area (Å²) in [7, 11) is 0. The third kappa shape index (κ3) is 2.78. The number of aromatic nitrogens is 3. The average Bonchev–Trinajstić information content (AvgIpc) is 3.05. The first-order chi connectivity index (χ1) is 11.3. The fourth-order valence-electron chi connectivity index (χ4n) is 2.44. The molecule has 2 aromatic carbocycles. The van der Waals surface area contributed by atoms with Gasteiger partial charge in [-0.1, -0.05) is 48.5 Å². The Morgan fingerprint density at radius 1 is 1.00 bits per heavy atom. The van der Waals surface area contributed by atoms with Crippen molar-refractivity contribution in [2.75, 3.05) is 0 Å². The molecule has 5 heteroatoms. The number of fused-ring (bicyclic) bond motifs is 1. The van der Waals surface area contributed by atoms with E-state index in [-0.39, 0.29) is 5.56 Å². The number of nitrogens with zero attached hydrogens (tertiary/aromatic N) is 3. The van der Waals surface area contributed by atoms with Gasteiger partial charge in [-0.15, -0.1) is 11.3 Å². The highest BCUT2D eigenvalue weighted by molar-refractivity contribution is 7.15. The summed E-state index contributed by atoms with van der Waals surface area (Å²) >= 11 is 1.58. The van der Waals surface area contributed by atoms with Crippen molar-refractivity contribution in [3.05, 3.63) is 82.1 Å². The zero-order valence-electron chi connectivity index (χ0n) is 12.2. The van der Waals surface area contributed by atoms with Crippen molar-refractivity contribution in [3.63, 3.8) is 0 Å². The Bertz CT molecular complexity index is 1020. The maximum Gasteiger partial charge on any atom is 0.267 e. The predicted octanol–water partition coefficient (Wildman–Crippen LogP) is 3.57. The monoisotopic (exact) mass is 319 g/mol. The van der Waals surface area contributed by atoms with Crippen LogP contribution < -0.4 is 5.56 Å². The Hall–Kier alpha value is -2.79. The standard InChI is InChI=1S/C18H13N3OS/c22-17-10-14-8-4-5-9-16(14)20-21(17)12-15-11-19-18(23-15)13-6-2-1-3-7-13/h1-11H,12H2. The Morgan fingerprint density at radius 2 is 1.78 bits per heavy atom. The van der Waals surface area contributed by atoms with Gasteiger partial charge in [-0.25, -0.2) is 9.67 Å². The van der Waals surface area contributed by atoms with Crippen molar-refractivity contribution in [1.29, 1.82) is 0 Å². The first-order valence-corrected chi connectivity index (χ1v) is 8.08. The Balaban J connectivity index is 1.67. The molecule has 0 N–H and O–H groups in total. The van der Waals surface area contributed by atoms with Gasteiger partial charge in [0, 0.05) is 28.1 Å². The molecule has 2 aromatic heterocycles. The summed E-state index contributed by atoms with van der Waals surface area (Å²) in [5.74, 6) is 0. The van der Waals surface area contributed by atoms with Crippen molar-refractivity contribution in [1.82, 2.24) is 14.8 Å². The molecule has 0 aliphatic carbocycles. The van der Waals surface area contributed by atoms with Crippen molar-refractivity contribution >= 4 is 22.2 Å². The van der Waals surface area contributed by atoms with Gasteiger partial charge < -0.3 is 0 Å². The Morgan fingerprint density at radius 3 is 2.65 bits per heavy atom. The molecule has 2 heterocycles. The Kier molecular flexibility index (Phi) is 3.48. The van der Waals surface area contributed by atoms with Gasteiger partial charge in [0.2, 0.25) is 0 Å². The van der Waals surface area contributed by atoms with Crippen LogP contribution in [0.4, 0.5) is 0 Å². The topological polar surface area (TPSA) is 47.8 Å². The van der Waals surface area contributed by atoms with E-state index in [9.17, 15) is 4.79 Å². The van der Waals surface area contributed by atoms with Crippen LogP contribution in [0.3, 0.4) is 0 Å². The smallest absolute Gasteiger partial charge is 0.267 e. The largest absolute Gasteiger partial charge is 0.268 e. The maximum absolute atomic E-state index is 12.2. The van der Waals surface area contributed by atoms with Crippen molar-refractivity contribution in [2.45, 2.75) is 6.54 Å². The molecule has 0 fully saturated rings. The van der Waals surface area contributed by atoms with Gasteiger partial charge in [0.15, 0.2) is 0 Å². The van der Waals surface area contributed by atoms with E-state index in [2.05, 4.69) is 10.1 Å². The van der Waals surface area contributed by atoms with Crippen LogP contribution in [0.1, 0.15) is 4.88 Å². The highest BCUT2D eigenvalue weighted by Gasteiger charge is 2.07. The molecule has 4 nitrogen and oxygen atoms in total. The zero-order valence-corrected chi connectivity index (χ0v) is 13.0. The van der Waals surface area contributed by atoms with Gasteiger partial charge in [-0.05, 0) is 6.07 Å². The zero-order chi connectivity index (χ0) is 15.6. The number of rotatable bonds is 3. The molecule has 0 saturated heterocycles. The lowest BCUT2D eigenvalue weighted by molar-refractivity contribution is 0.659. The summed E-state index contributed by atoms with van der Waals surface area (Å²) in [6.45, 7) is 0.439. The fourth-order valence-corrected chi connectivity index (χ4v) is 3.34. The number of thiazole rings is 1. The third-order valence-corrected chi connectivity index (χ3v) is 4.61. The van der Waals surface area contributed by atoms with Gasteiger partial charge in [0.05, 0.1) is 12.1 Å². The van der Waals surface area contributed by atoms with Crippen molar-refractivity contribution in [2.24, 2.45) is 0 Å². The minimum absolute atomic E-state index is 0.0987. The number of hydrogen-bond acceptors (Lipinski definition) is 4. The van der Waals surface area contributed by atoms with E-state index in [1.165, 1.54) is 4.68 Å². The second kappa shape index (κ2) is 5.78. The van der Waals surface area contributed by atoms with Gasteiger partial charge >= 0.3 is 0 Å². The van der Waals surface area contributed by atoms with E-state index in [0.29, 0.717) is 6.54 Å². The van der Waals surface area contributed by atoms with Crippen molar-refractivity contribution in [3.8, 4) is 10.6 Å². The second-order valence-corrected chi connectivity index (χ2v) is 6.31. The quantitative estimate of drug-likeness (QED) is 0.580. The molecule has 112 valence electrons. The van der Waals surface area contributed by atoms with Crippen LogP contribution in [0.15, 0.2) is 71.7 Å². The highest BCUT2D eigenvalue weighted by Crippen LogP contribution is 2.25. The normalized spacial score (nSPS) is 11.0. The van der Waals surface area contributed by atoms with E-state index in [0.717, 1.165) is 26.4 Å². The fraction of sp³-hybridized carbons (Fsp3) is 0.0556. The van der Waals surface area contributed by atoms with Gasteiger partial charge in [0.25, 0.3) is 5.56 Å². The lowest BCUT2D eigenvalue weighted by Gasteiger charge is -2.03. The molecule has 4 rings (SSSR count). The van der Waals surface area contributed by atoms with E-state index in [1.54, 1.807) is 17.4 Å². The van der Waals surface area contributed by atoms with Crippen LogP contribution in [0.5, 0.6) is 0 Å². The molecule has 0 aliphatic heterocycles. The lowest BCUT2D eigenvalue weighted by atomic mass is 10.2. The molecule has 0 unspecified atom stereocenters. The minimum Gasteiger partial charge on any atom is -0.268 e. The minimum atomic E-state index is -0.0987. The van der Waals surface area contributed by atoms with Crippen LogP contribution in [0.25, 0.3) is 21.5 Å². The van der Waals surface area contributed by atoms with Crippen LogP contribution in [-0.2, 0) is 6.54 Å². The summed E-state index contributed by atoms with van der Waals surface area (Å²) in [5.41, 5.74) is 1.81. The van der Waals surface area contributed by atoms with E-state index >= 15 is 0 Å². The van der Waals surface area contributed by atoms with Gasteiger partial charge in [0.1, 0.15) is 5.01 Å². The summed E-state index contributed by atoms with van der Waals surface area (Å²) in [5, 5.41) is 6.25. The third-order valence-electron chi connectivity index (χ3n) is 3.58. The first kappa shape index (κ1) is 13.8. The Labute approximate surface area is 136 Å². The van der Waals surface area contributed by atoms with Crippen LogP contribution in [0.2, 0.25) is 0 Å². The summed E-state index contributed by atoms with van der Waals surface area (Å²) in [6, 6.07) is 19.3. The molecule has 0 radical (unpaired) electrons.